The maximum atomic E-state index is 7.18. The van der Waals surface area contributed by atoms with E-state index in [1.54, 1.807) is 0 Å². The molecule has 0 N–H and O–H groups in total. The molecule has 0 amide bonds. The van der Waals surface area contributed by atoms with Gasteiger partial charge in [-0.3, -0.25) is 0 Å². The molecule has 0 aromatic carbocycles. The summed E-state index contributed by atoms with van der Waals surface area (Å²) in [7, 11) is 0. The molecule has 50 valence electrons. The Kier molecular flexibility index (Phi) is 83.4. The van der Waals surface area contributed by atoms with Crippen LogP contribution in [-0.2, 0) is 0 Å². The Labute approximate surface area is 70.6 Å². The number of nitrogens with zero attached hydrogens (tertiary/aromatic N) is 2. The standard InChI is InChI=1S/C2H3Cl.2CHNS/c1-2-3;2*2-1-3/h2H,1H2;2*3H. The molecule has 0 aromatic rings. The normalized spacial score (nSPS) is 3.22. The van der Waals surface area contributed by atoms with E-state index >= 15 is 0 Å². The summed E-state index contributed by atoms with van der Waals surface area (Å²) in [6.45, 7) is 3.13. The van der Waals surface area contributed by atoms with Crippen molar-refractivity contribution in [3.63, 3.8) is 0 Å². The van der Waals surface area contributed by atoms with Crippen LogP contribution in [0.5, 0.6) is 0 Å². The Hall–Kier alpha value is -0.290. The summed E-state index contributed by atoms with van der Waals surface area (Å²) in [5, 5.41) is 17.3. The van der Waals surface area contributed by atoms with Crippen LogP contribution in [0.2, 0.25) is 0 Å². The van der Waals surface area contributed by atoms with Gasteiger partial charge in [-0.05, 0) is 5.54 Å². The van der Waals surface area contributed by atoms with Gasteiger partial charge in [-0.25, -0.2) is 0 Å². The van der Waals surface area contributed by atoms with Crippen LogP contribution in [0.1, 0.15) is 0 Å². The first-order valence-corrected chi connectivity index (χ1v) is 2.85. The zero-order valence-electron chi connectivity index (χ0n) is 4.45. The van der Waals surface area contributed by atoms with Gasteiger partial charge >= 0.3 is 0 Å². The smallest absolute Gasteiger partial charge is 0.130 e. The SMILES string of the molecule is C=CCl.N#CS.N#CS. The predicted octanol–water partition coefficient (Wildman–Crippen LogP) is 2.16. The maximum absolute atomic E-state index is 7.18. The second kappa shape index (κ2) is 47.3. The fourth-order valence-corrected chi connectivity index (χ4v) is 0. The Balaban J connectivity index is -0.0000000600. The van der Waals surface area contributed by atoms with Crippen LogP contribution < -0.4 is 0 Å². The van der Waals surface area contributed by atoms with E-state index in [0.29, 0.717) is 0 Å². The average molecular weight is 181 g/mol. The number of thiocyanates is 2. The predicted molar refractivity (Wildman–Crippen MR) is 45.2 cm³/mol. The lowest BCUT2D eigenvalue weighted by Crippen LogP contribution is -0.961. The number of hydrogen-bond donors (Lipinski definition) is 2. The van der Waals surface area contributed by atoms with Crippen LogP contribution in [0.25, 0.3) is 0 Å². The minimum absolute atomic E-state index is 1.22. The number of thiol groups is 2. The van der Waals surface area contributed by atoms with E-state index < -0.39 is 0 Å². The van der Waals surface area contributed by atoms with E-state index in [4.69, 9.17) is 22.1 Å². The lowest BCUT2D eigenvalue weighted by molar-refractivity contribution is 1.57. The number of rotatable bonds is 0. The van der Waals surface area contributed by atoms with E-state index in [-0.39, 0.29) is 0 Å². The molecule has 0 aromatic heterocycles. The van der Waals surface area contributed by atoms with Gasteiger partial charge in [-0.2, -0.15) is 10.5 Å². The summed E-state index contributed by atoms with van der Waals surface area (Å²) in [6.07, 6.45) is 0. The quantitative estimate of drug-likeness (QED) is 0.444. The summed E-state index contributed by atoms with van der Waals surface area (Å²) >= 11 is 11.0. The van der Waals surface area contributed by atoms with Gasteiger partial charge in [0.15, 0.2) is 0 Å². The lowest BCUT2D eigenvalue weighted by Gasteiger charge is -1.27. The Bertz CT molecular complexity index is 101. The summed E-state index contributed by atoms with van der Waals surface area (Å²) < 4.78 is 0. The van der Waals surface area contributed by atoms with Gasteiger partial charge in [0, 0.05) is 0 Å². The molecule has 0 aliphatic heterocycles. The zero-order chi connectivity index (χ0) is 8.12. The topological polar surface area (TPSA) is 47.6 Å². The van der Waals surface area contributed by atoms with Crippen LogP contribution >= 0.6 is 36.9 Å². The van der Waals surface area contributed by atoms with Crippen LogP contribution in [0, 0.1) is 21.3 Å². The fraction of sp³-hybridized carbons (Fsp3) is 0. The molecular weight excluding hydrogens is 176 g/mol. The minimum atomic E-state index is 1.22. The Morgan fingerprint density at radius 2 is 1.33 bits per heavy atom. The first-order chi connectivity index (χ1) is 4.24. The van der Waals surface area contributed by atoms with Gasteiger partial charge < -0.3 is 0 Å². The highest BCUT2D eigenvalue weighted by Crippen LogP contribution is 1.60. The molecule has 0 rings (SSSR count). The molecule has 0 heterocycles. The Morgan fingerprint density at radius 1 is 1.33 bits per heavy atom. The first kappa shape index (κ1) is 15.9. The molecule has 0 aliphatic carbocycles. The van der Waals surface area contributed by atoms with Crippen LogP contribution in [-0.4, -0.2) is 0 Å². The van der Waals surface area contributed by atoms with Crippen molar-refractivity contribution in [2.75, 3.05) is 0 Å². The maximum Gasteiger partial charge on any atom is 0.130 e. The summed E-state index contributed by atoms with van der Waals surface area (Å²) in [5.74, 6) is 0. The monoisotopic (exact) mass is 180 g/mol. The molecule has 5 heteroatoms. The minimum Gasteiger partial charge on any atom is -0.185 e. The molecule has 0 atom stereocenters. The summed E-state index contributed by atoms with van der Waals surface area (Å²) in [5.41, 5.74) is 1.22. The molecule has 9 heavy (non-hydrogen) atoms. The van der Waals surface area contributed by atoms with E-state index in [0.717, 1.165) is 0 Å². The van der Waals surface area contributed by atoms with Crippen LogP contribution in [0.15, 0.2) is 12.1 Å². The third-order valence-electron chi connectivity index (χ3n) is 0. The van der Waals surface area contributed by atoms with E-state index in [2.05, 4.69) is 31.8 Å². The van der Waals surface area contributed by atoms with Gasteiger partial charge in [-0.15, -0.1) is 0 Å². The van der Waals surface area contributed by atoms with E-state index in [9.17, 15) is 0 Å². The highest BCUT2D eigenvalue weighted by Gasteiger charge is 1.18. The van der Waals surface area contributed by atoms with Crippen molar-refractivity contribution in [3.05, 3.63) is 12.1 Å². The number of halogens is 1. The summed E-state index contributed by atoms with van der Waals surface area (Å²) in [4.78, 5) is 0. The van der Waals surface area contributed by atoms with Gasteiger partial charge in [0.05, 0.1) is 0 Å². The van der Waals surface area contributed by atoms with Crippen LogP contribution in [0.4, 0.5) is 0 Å². The molecule has 0 unspecified atom stereocenters. The summed E-state index contributed by atoms with van der Waals surface area (Å²) in [6, 6.07) is 0. The molecule has 0 fully saturated rings. The third kappa shape index (κ3) is 2990. The Morgan fingerprint density at radius 3 is 1.33 bits per heavy atom. The molecule has 0 spiro atoms. The van der Waals surface area contributed by atoms with Gasteiger partial charge in [0.2, 0.25) is 0 Å². The second-order valence-corrected chi connectivity index (χ2v) is 1.06. The molecule has 2 nitrogen and oxygen atoms in total. The highest BCUT2D eigenvalue weighted by molar-refractivity contribution is 7.85. The van der Waals surface area contributed by atoms with Gasteiger partial charge in [0.25, 0.3) is 0 Å². The lowest BCUT2D eigenvalue weighted by atomic mass is 11.3. The fourth-order valence-electron chi connectivity index (χ4n) is 0. The zero-order valence-corrected chi connectivity index (χ0v) is 7.00. The van der Waals surface area contributed by atoms with Crippen molar-refractivity contribution < 1.29 is 0 Å². The van der Waals surface area contributed by atoms with Crippen molar-refractivity contribution in [2.24, 2.45) is 0 Å². The van der Waals surface area contributed by atoms with Gasteiger partial charge in [-0.1, -0.05) is 43.4 Å². The van der Waals surface area contributed by atoms with Gasteiger partial charge in [0.1, 0.15) is 10.8 Å². The third-order valence-corrected chi connectivity index (χ3v) is 0. The molecule has 0 bridgehead atoms. The van der Waals surface area contributed by atoms with Crippen molar-refractivity contribution in [2.45, 2.75) is 0 Å². The molecule has 0 saturated carbocycles. The molecule has 0 aliphatic rings. The highest BCUT2D eigenvalue weighted by atomic mass is 35.5. The van der Waals surface area contributed by atoms with E-state index in [1.165, 1.54) is 16.3 Å². The molecule has 0 radical (unpaired) electrons. The molecular formula is C4H5ClN2S2. The van der Waals surface area contributed by atoms with Crippen molar-refractivity contribution >= 4 is 36.9 Å². The second-order valence-electron chi connectivity index (χ2n) is 0.354. The van der Waals surface area contributed by atoms with Crippen molar-refractivity contribution in [3.8, 4) is 10.8 Å². The number of nitriles is 2. The number of hydrogen-bond acceptors (Lipinski definition) is 4. The van der Waals surface area contributed by atoms with E-state index in [1.807, 2.05) is 0 Å². The average Bonchev–Trinajstić information content (AvgIpc) is 1.70. The largest absolute Gasteiger partial charge is 0.185 e. The van der Waals surface area contributed by atoms with Crippen molar-refractivity contribution in [1.29, 1.82) is 10.5 Å². The first-order valence-electron chi connectivity index (χ1n) is 1.52. The molecule has 0 saturated heterocycles. The van der Waals surface area contributed by atoms with Crippen LogP contribution in [0.3, 0.4) is 0 Å². The van der Waals surface area contributed by atoms with Crippen molar-refractivity contribution in [1.82, 2.24) is 0 Å².